The van der Waals surface area contributed by atoms with E-state index in [-0.39, 0.29) is 12.6 Å². The van der Waals surface area contributed by atoms with Gasteiger partial charge in [-0.2, -0.15) is 0 Å². The highest BCUT2D eigenvalue weighted by atomic mass is 16.3. The van der Waals surface area contributed by atoms with Gasteiger partial charge in [0.05, 0.1) is 0 Å². The van der Waals surface area contributed by atoms with Crippen LogP contribution >= 0.6 is 0 Å². The van der Waals surface area contributed by atoms with Gasteiger partial charge in [0.15, 0.2) is 0 Å². The molecule has 0 radical (unpaired) electrons. The minimum atomic E-state index is -0.200. The molecule has 1 atom stereocenters. The lowest BCUT2D eigenvalue weighted by atomic mass is 9.94. The zero-order valence-electron chi connectivity index (χ0n) is 15.0. The van der Waals surface area contributed by atoms with Crippen molar-refractivity contribution in [2.75, 3.05) is 37.5 Å². The number of carbonyl (C=O) groups excluding carboxylic acids is 1. The fraction of sp³-hybridized carbons (Fsp3) is 0.611. The standard InChI is InChI=1S/C18H31N3O2/c1-13(2)10-15(8-9-22)12-19-18(23)20-16-6-7-17(21(4)5)14(3)11-16/h6-7,11,13,15,22H,8-10,12H2,1-5H3,(H2,19,20,23). The maximum atomic E-state index is 12.0. The van der Waals surface area contributed by atoms with E-state index >= 15 is 0 Å². The van der Waals surface area contributed by atoms with Crippen molar-refractivity contribution in [1.82, 2.24) is 5.32 Å². The monoisotopic (exact) mass is 321 g/mol. The Morgan fingerprint density at radius 1 is 1.30 bits per heavy atom. The third-order valence-corrected chi connectivity index (χ3v) is 3.83. The molecular weight excluding hydrogens is 290 g/mol. The maximum absolute atomic E-state index is 12.0. The Labute approximate surface area is 140 Å². The summed E-state index contributed by atoms with van der Waals surface area (Å²) in [6.45, 7) is 7.07. The lowest BCUT2D eigenvalue weighted by molar-refractivity contribution is 0.231. The Balaban J connectivity index is 2.54. The summed E-state index contributed by atoms with van der Waals surface area (Å²) in [7, 11) is 4.00. The van der Waals surface area contributed by atoms with Crippen LogP contribution in [-0.4, -0.2) is 38.4 Å². The fourth-order valence-corrected chi connectivity index (χ4v) is 2.80. The van der Waals surface area contributed by atoms with Gasteiger partial charge in [-0.05, 0) is 55.4 Å². The molecule has 5 nitrogen and oxygen atoms in total. The zero-order chi connectivity index (χ0) is 17.4. The van der Waals surface area contributed by atoms with Crippen LogP contribution in [0.25, 0.3) is 0 Å². The van der Waals surface area contributed by atoms with Crippen molar-refractivity contribution in [2.45, 2.75) is 33.6 Å². The summed E-state index contributed by atoms with van der Waals surface area (Å²) in [5.41, 5.74) is 3.04. The predicted octanol–water partition coefficient (Wildman–Crippen LogP) is 3.23. The first-order valence-electron chi connectivity index (χ1n) is 8.27. The lowest BCUT2D eigenvalue weighted by Crippen LogP contribution is -2.33. The molecular formula is C18H31N3O2. The number of aryl methyl sites for hydroxylation is 1. The molecule has 0 fully saturated rings. The van der Waals surface area contributed by atoms with Crippen LogP contribution in [0.5, 0.6) is 0 Å². The van der Waals surface area contributed by atoms with Crippen LogP contribution in [-0.2, 0) is 0 Å². The predicted molar refractivity (Wildman–Crippen MR) is 97.2 cm³/mol. The van der Waals surface area contributed by atoms with Crippen LogP contribution < -0.4 is 15.5 Å². The number of aliphatic hydroxyl groups is 1. The number of rotatable bonds is 8. The third-order valence-electron chi connectivity index (χ3n) is 3.83. The Bertz CT molecular complexity index is 501. The third kappa shape index (κ3) is 6.91. The molecule has 0 aromatic heterocycles. The van der Waals surface area contributed by atoms with E-state index in [0.717, 1.165) is 29.8 Å². The average molecular weight is 321 g/mol. The zero-order valence-corrected chi connectivity index (χ0v) is 15.0. The first-order chi connectivity index (χ1) is 10.8. The number of amides is 2. The van der Waals surface area contributed by atoms with E-state index in [1.165, 1.54) is 0 Å². The maximum Gasteiger partial charge on any atom is 0.319 e. The second-order valence-electron chi connectivity index (χ2n) is 6.74. The molecule has 0 aliphatic carbocycles. The van der Waals surface area contributed by atoms with Gasteiger partial charge in [0.1, 0.15) is 0 Å². The summed E-state index contributed by atoms with van der Waals surface area (Å²) in [6.07, 6.45) is 1.71. The van der Waals surface area contributed by atoms with Crippen LogP contribution in [0.3, 0.4) is 0 Å². The molecule has 5 heteroatoms. The van der Waals surface area contributed by atoms with Crippen molar-refractivity contribution in [3.63, 3.8) is 0 Å². The summed E-state index contributed by atoms with van der Waals surface area (Å²) >= 11 is 0. The van der Waals surface area contributed by atoms with Gasteiger partial charge >= 0.3 is 6.03 Å². The topological polar surface area (TPSA) is 64.6 Å². The van der Waals surface area contributed by atoms with Crippen LogP contribution in [0.1, 0.15) is 32.3 Å². The Morgan fingerprint density at radius 2 is 2.00 bits per heavy atom. The van der Waals surface area contributed by atoms with Gasteiger partial charge in [-0.3, -0.25) is 0 Å². The van der Waals surface area contributed by atoms with Gasteiger partial charge in [-0.15, -0.1) is 0 Å². The number of anilines is 2. The first kappa shape index (κ1) is 19.3. The average Bonchev–Trinajstić information content (AvgIpc) is 2.44. The van der Waals surface area contributed by atoms with Gasteiger partial charge < -0.3 is 20.6 Å². The van der Waals surface area contributed by atoms with Crippen molar-refractivity contribution in [2.24, 2.45) is 11.8 Å². The van der Waals surface area contributed by atoms with E-state index in [0.29, 0.717) is 18.4 Å². The molecule has 2 amide bonds. The molecule has 0 bridgehead atoms. The highest BCUT2D eigenvalue weighted by molar-refractivity contribution is 5.89. The van der Waals surface area contributed by atoms with Gasteiger partial charge in [-0.1, -0.05) is 13.8 Å². The molecule has 1 unspecified atom stereocenters. The minimum absolute atomic E-state index is 0.159. The van der Waals surface area contributed by atoms with E-state index in [9.17, 15) is 4.79 Å². The smallest absolute Gasteiger partial charge is 0.319 e. The number of aliphatic hydroxyl groups excluding tert-OH is 1. The van der Waals surface area contributed by atoms with Crippen LogP contribution in [0.15, 0.2) is 18.2 Å². The molecule has 0 aliphatic heterocycles. The Hall–Kier alpha value is -1.75. The van der Waals surface area contributed by atoms with E-state index < -0.39 is 0 Å². The van der Waals surface area contributed by atoms with E-state index in [4.69, 9.17) is 5.11 Å². The van der Waals surface area contributed by atoms with Gasteiger partial charge in [0.2, 0.25) is 0 Å². The van der Waals surface area contributed by atoms with Gasteiger partial charge in [0.25, 0.3) is 0 Å². The molecule has 3 N–H and O–H groups in total. The normalized spacial score (nSPS) is 12.1. The number of hydrogen-bond acceptors (Lipinski definition) is 3. The Morgan fingerprint density at radius 3 is 2.52 bits per heavy atom. The molecule has 0 heterocycles. The second kappa shape index (κ2) is 9.40. The van der Waals surface area contributed by atoms with Crippen molar-refractivity contribution in [3.8, 4) is 0 Å². The molecule has 0 saturated heterocycles. The van der Waals surface area contributed by atoms with Gasteiger partial charge in [0, 0.05) is 38.6 Å². The molecule has 1 aromatic rings. The van der Waals surface area contributed by atoms with E-state index in [1.807, 2.05) is 44.1 Å². The molecule has 0 saturated carbocycles. The van der Waals surface area contributed by atoms with Crippen molar-refractivity contribution in [1.29, 1.82) is 0 Å². The number of benzene rings is 1. The summed E-state index contributed by atoms with van der Waals surface area (Å²) in [6, 6.07) is 5.67. The number of hydrogen-bond donors (Lipinski definition) is 3. The fourth-order valence-electron chi connectivity index (χ4n) is 2.80. The van der Waals surface area contributed by atoms with Crippen molar-refractivity contribution in [3.05, 3.63) is 23.8 Å². The first-order valence-corrected chi connectivity index (χ1v) is 8.27. The number of nitrogens with one attached hydrogen (secondary N) is 2. The summed E-state index contributed by atoms with van der Waals surface area (Å²) in [5, 5.41) is 14.9. The van der Waals surface area contributed by atoms with Crippen LogP contribution in [0.4, 0.5) is 16.2 Å². The minimum Gasteiger partial charge on any atom is -0.396 e. The van der Waals surface area contributed by atoms with Crippen molar-refractivity contribution >= 4 is 17.4 Å². The highest BCUT2D eigenvalue weighted by Crippen LogP contribution is 2.21. The number of carbonyl (C=O) groups is 1. The number of nitrogens with zero attached hydrogens (tertiary/aromatic N) is 1. The summed E-state index contributed by atoms with van der Waals surface area (Å²) in [4.78, 5) is 14.1. The van der Waals surface area contributed by atoms with Crippen molar-refractivity contribution < 1.29 is 9.90 Å². The summed E-state index contributed by atoms with van der Waals surface area (Å²) in [5.74, 6) is 0.862. The molecule has 130 valence electrons. The molecule has 1 aromatic carbocycles. The van der Waals surface area contributed by atoms with Crippen LogP contribution in [0, 0.1) is 18.8 Å². The largest absolute Gasteiger partial charge is 0.396 e. The summed E-state index contributed by atoms with van der Waals surface area (Å²) < 4.78 is 0. The van der Waals surface area contributed by atoms with E-state index in [1.54, 1.807) is 0 Å². The molecule has 0 spiro atoms. The highest BCUT2D eigenvalue weighted by Gasteiger charge is 2.12. The molecule has 23 heavy (non-hydrogen) atoms. The SMILES string of the molecule is Cc1cc(NC(=O)NCC(CCO)CC(C)C)ccc1N(C)C. The molecule has 1 rings (SSSR count). The second-order valence-corrected chi connectivity index (χ2v) is 6.74. The van der Waals surface area contributed by atoms with E-state index in [2.05, 4.69) is 24.5 Å². The lowest BCUT2D eigenvalue weighted by Gasteiger charge is -2.19. The Kier molecular flexibility index (Phi) is 7.89. The van der Waals surface area contributed by atoms with Gasteiger partial charge in [-0.25, -0.2) is 4.79 Å². The molecule has 0 aliphatic rings. The number of urea groups is 1. The quantitative estimate of drug-likeness (QED) is 0.689. The van der Waals surface area contributed by atoms with Crippen LogP contribution in [0.2, 0.25) is 0 Å².